The maximum Gasteiger partial charge on any atom is 0.528 e. The van der Waals surface area contributed by atoms with E-state index in [9.17, 15) is 9.90 Å². The average Bonchev–Trinajstić information content (AvgIpc) is 3.00. The lowest BCUT2D eigenvalue weighted by Gasteiger charge is -2.34. The predicted octanol–water partition coefficient (Wildman–Crippen LogP) is 5.16. The highest BCUT2D eigenvalue weighted by atomic mass is 79.9. The van der Waals surface area contributed by atoms with Crippen LogP contribution in [0.4, 0.5) is 4.79 Å². The number of nitrogens with zero attached hydrogens (tertiary/aromatic N) is 3. The van der Waals surface area contributed by atoms with Crippen LogP contribution in [0.25, 0.3) is 21.8 Å². The molecule has 0 spiro atoms. The summed E-state index contributed by atoms with van der Waals surface area (Å²) in [5.74, 6) is 0. The van der Waals surface area contributed by atoms with Gasteiger partial charge in [-0.05, 0) is 57.2 Å². The molecule has 1 aromatic heterocycles. The number of aliphatic hydroxyl groups excluding tert-OH is 1. The second-order valence-corrected chi connectivity index (χ2v) is 11.2. The van der Waals surface area contributed by atoms with Gasteiger partial charge in [0, 0.05) is 63.5 Å². The average molecular weight is 583 g/mol. The Morgan fingerprint density at radius 3 is 2.03 bits per heavy atom. The largest absolute Gasteiger partial charge is 0.528 e. The number of carbonyl (C=O) groups excluding carboxylic acids is 1. The molecule has 2 aromatic carbocycles. The maximum absolute atomic E-state index is 11.9. The highest BCUT2D eigenvalue weighted by molar-refractivity contribution is 9.10. The highest BCUT2D eigenvalue weighted by Gasteiger charge is 2.25. The molecule has 178 valence electrons. The Balaban J connectivity index is 1.39. The fraction of sp³-hybridized carbons (Fsp3) is 0.458. The molecule has 3 aromatic rings. The maximum atomic E-state index is 11.9. The third-order valence-electron chi connectivity index (χ3n) is 5.58. The minimum Gasteiger partial charge on any atom is -0.427 e. The zero-order chi connectivity index (χ0) is 23.8. The van der Waals surface area contributed by atoms with Crippen molar-refractivity contribution in [3.63, 3.8) is 0 Å². The van der Waals surface area contributed by atoms with Gasteiger partial charge in [-0.25, -0.2) is 4.79 Å². The summed E-state index contributed by atoms with van der Waals surface area (Å²) in [5, 5.41) is 14.9. The number of carbonyl (C=O) groups is 1. The summed E-state index contributed by atoms with van der Waals surface area (Å²) >= 11 is 7.15. The van der Waals surface area contributed by atoms with Gasteiger partial charge in [-0.15, -0.1) is 5.06 Å². The molecule has 0 saturated carbocycles. The molecule has 4 rings (SSSR count). The normalized spacial score (nSPS) is 16.9. The quantitative estimate of drug-likeness (QED) is 0.419. The summed E-state index contributed by atoms with van der Waals surface area (Å²) < 4.78 is 9.46. The van der Waals surface area contributed by atoms with Gasteiger partial charge >= 0.3 is 6.16 Å². The first-order chi connectivity index (χ1) is 15.6. The zero-order valence-electron chi connectivity index (χ0n) is 19.1. The minimum absolute atomic E-state index is 0.498. The van der Waals surface area contributed by atoms with Gasteiger partial charge in [-0.1, -0.05) is 31.9 Å². The number of aromatic nitrogens is 1. The Bertz CT molecular complexity index is 1090. The number of β-amino-alcohol motifs (C(OH)–C–C–N with tert-alkyl or cyclic N) is 1. The van der Waals surface area contributed by atoms with Crippen LogP contribution in [0, 0.1) is 0 Å². The van der Waals surface area contributed by atoms with E-state index in [1.807, 2.05) is 32.9 Å². The molecule has 9 heteroatoms. The fourth-order valence-electron chi connectivity index (χ4n) is 4.19. The van der Waals surface area contributed by atoms with E-state index in [2.05, 4.69) is 65.6 Å². The first kappa shape index (κ1) is 24.5. The summed E-state index contributed by atoms with van der Waals surface area (Å²) in [6.07, 6.45) is -1.21. The molecule has 1 aliphatic rings. The Hall–Kier alpha value is -1.65. The summed E-state index contributed by atoms with van der Waals surface area (Å²) in [7, 11) is 0. The van der Waals surface area contributed by atoms with Crippen molar-refractivity contribution < 1.29 is 19.5 Å². The van der Waals surface area contributed by atoms with Gasteiger partial charge in [0.15, 0.2) is 0 Å². The number of hydrogen-bond donors (Lipinski definition) is 1. The van der Waals surface area contributed by atoms with Crippen LogP contribution in [0.3, 0.4) is 0 Å². The van der Waals surface area contributed by atoms with Crippen molar-refractivity contribution in [3.05, 3.63) is 45.3 Å². The second-order valence-electron chi connectivity index (χ2n) is 9.37. The van der Waals surface area contributed by atoms with Crippen LogP contribution in [0.2, 0.25) is 0 Å². The molecular weight excluding hydrogens is 554 g/mol. The fourth-order valence-corrected chi connectivity index (χ4v) is 4.91. The van der Waals surface area contributed by atoms with Crippen molar-refractivity contribution in [1.82, 2.24) is 14.5 Å². The number of rotatable bonds is 5. The molecule has 7 nitrogen and oxygen atoms in total. The van der Waals surface area contributed by atoms with E-state index in [1.54, 1.807) is 5.06 Å². The van der Waals surface area contributed by atoms with Crippen LogP contribution in [0.1, 0.15) is 20.8 Å². The molecule has 0 amide bonds. The molecule has 1 unspecified atom stereocenters. The number of hydroxylamine groups is 2. The van der Waals surface area contributed by atoms with E-state index < -0.39 is 17.9 Å². The van der Waals surface area contributed by atoms with Gasteiger partial charge in [0.1, 0.15) is 5.60 Å². The Labute approximate surface area is 210 Å². The van der Waals surface area contributed by atoms with E-state index in [1.165, 1.54) is 0 Å². The van der Waals surface area contributed by atoms with Gasteiger partial charge in [-0.2, -0.15) is 0 Å². The molecule has 0 bridgehead atoms. The van der Waals surface area contributed by atoms with Gasteiger partial charge in [0.2, 0.25) is 0 Å². The van der Waals surface area contributed by atoms with Gasteiger partial charge in [-0.3, -0.25) is 4.90 Å². The van der Waals surface area contributed by atoms with Crippen molar-refractivity contribution in [2.45, 2.75) is 39.0 Å². The topological polar surface area (TPSA) is 67.2 Å². The zero-order valence-corrected chi connectivity index (χ0v) is 22.2. The van der Waals surface area contributed by atoms with Crippen molar-refractivity contribution in [2.24, 2.45) is 0 Å². The third kappa shape index (κ3) is 6.08. The second kappa shape index (κ2) is 9.92. The van der Waals surface area contributed by atoms with Crippen LogP contribution in [-0.4, -0.2) is 70.2 Å². The summed E-state index contributed by atoms with van der Waals surface area (Å²) in [5.41, 5.74) is 1.61. The molecular formula is C24H29Br2N3O4. The van der Waals surface area contributed by atoms with E-state index in [4.69, 9.17) is 9.57 Å². The van der Waals surface area contributed by atoms with Crippen molar-refractivity contribution in [3.8, 4) is 0 Å². The van der Waals surface area contributed by atoms with E-state index in [-0.39, 0.29) is 0 Å². The molecule has 1 aliphatic heterocycles. The molecule has 0 aliphatic carbocycles. The number of benzene rings is 2. The SMILES string of the molecule is CC(C)(C)OC(=O)ON1CCN(CC(O)Cn2c3ccc(Br)cc3c3cc(Br)ccc32)CC1. The first-order valence-corrected chi connectivity index (χ1v) is 12.6. The molecule has 2 heterocycles. The highest BCUT2D eigenvalue weighted by Crippen LogP contribution is 2.33. The van der Waals surface area contributed by atoms with Crippen molar-refractivity contribution >= 4 is 59.8 Å². The number of halogens is 2. The Kier molecular flexibility index (Phi) is 7.35. The van der Waals surface area contributed by atoms with Crippen LogP contribution >= 0.6 is 31.9 Å². The first-order valence-electron chi connectivity index (χ1n) is 11.0. The number of aliphatic hydroxyl groups is 1. The Morgan fingerprint density at radius 2 is 1.52 bits per heavy atom. The lowest BCUT2D eigenvalue weighted by Crippen LogP contribution is -2.49. The lowest BCUT2D eigenvalue weighted by atomic mass is 10.2. The van der Waals surface area contributed by atoms with Gasteiger partial charge in [0.05, 0.1) is 12.6 Å². The number of hydrogen-bond acceptors (Lipinski definition) is 6. The van der Waals surface area contributed by atoms with Crippen LogP contribution in [0.15, 0.2) is 45.3 Å². The molecule has 0 radical (unpaired) electrons. The molecule has 1 fully saturated rings. The number of piperazine rings is 1. The monoisotopic (exact) mass is 581 g/mol. The van der Waals surface area contributed by atoms with Crippen molar-refractivity contribution in [2.75, 3.05) is 32.7 Å². The van der Waals surface area contributed by atoms with Crippen LogP contribution in [0.5, 0.6) is 0 Å². The minimum atomic E-state index is -0.680. The van der Waals surface area contributed by atoms with E-state index >= 15 is 0 Å². The number of fused-ring (bicyclic) bond motifs is 3. The van der Waals surface area contributed by atoms with Crippen molar-refractivity contribution in [1.29, 1.82) is 0 Å². The number of ether oxygens (including phenoxy) is 1. The summed E-state index contributed by atoms with van der Waals surface area (Å²) in [4.78, 5) is 19.4. The summed E-state index contributed by atoms with van der Waals surface area (Å²) in [6.45, 7) is 9.02. The molecule has 1 saturated heterocycles. The Morgan fingerprint density at radius 1 is 0.970 bits per heavy atom. The van der Waals surface area contributed by atoms with E-state index in [0.29, 0.717) is 39.3 Å². The smallest absolute Gasteiger partial charge is 0.427 e. The van der Waals surface area contributed by atoms with Crippen LogP contribution < -0.4 is 0 Å². The van der Waals surface area contributed by atoms with Gasteiger partial charge < -0.3 is 19.2 Å². The van der Waals surface area contributed by atoms with Gasteiger partial charge in [0.25, 0.3) is 0 Å². The standard InChI is InChI=1S/C24H29Br2N3O4/c1-24(2,3)32-23(31)33-28-10-8-27(9-11-28)14-18(30)15-29-21-6-4-16(25)12-19(21)20-13-17(26)5-7-22(20)29/h4-7,12-13,18,30H,8-11,14-15H2,1-3H3. The summed E-state index contributed by atoms with van der Waals surface area (Å²) in [6, 6.07) is 12.5. The lowest BCUT2D eigenvalue weighted by molar-refractivity contribution is -0.159. The van der Waals surface area contributed by atoms with Crippen LogP contribution in [-0.2, 0) is 16.1 Å². The third-order valence-corrected chi connectivity index (χ3v) is 6.56. The molecule has 1 N–H and O–H groups in total. The molecule has 33 heavy (non-hydrogen) atoms. The molecule has 1 atom stereocenters. The predicted molar refractivity (Wildman–Crippen MR) is 136 cm³/mol. The van der Waals surface area contributed by atoms with E-state index in [0.717, 1.165) is 30.8 Å².